The third kappa shape index (κ3) is 3.18. The van der Waals surface area contributed by atoms with E-state index in [-0.39, 0.29) is 5.56 Å². The van der Waals surface area contributed by atoms with Crippen LogP contribution in [0.3, 0.4) is 0 Å². The van der Waals surface area contributed by atoms with Crippen LogP contribution in [0.5, 0.6) is 5.75 Å². The molecule has 0 saturated carbocycles. The summed E-state index contributed by atoms with van der Waals surface area (Å²) in [5.41, 5.74) is 1.84. The fourth-order valence-corrected chi connectivity index (χ4v) is 3.25. The zero-order chi connectivity index (χ0) is 15.5. The van der Waals surface area contributed by atoms with Crippen LogP contribution >= 0.6 is 11.3 Å². The summed E-state index contributed by atoms with van der Waals surface area (Å²) in [7, 11) is 0. The Kier molecular flexibility index (Phi) is 4.22. The van der Waals surface area contributed by atoms with Gasteiger partial charge in [-0.25, -0.2) is 0 Å². The third-order valence-electron chi connectivity index (χ3n) is 3.36. The second kappa shape index (κ2) is 6.29. The minimum atomic E-state index is -0.566. The number of aromatic nitrogens is 1. The summed E-state index contributed by atoms with van der Waals surface area (Å²) in [6.07, 6.45) is 5.00. The SMILES string of the molecule is O=C(/C=c1\[nH]c(=O)/c(=C/c2ccc3c(c2)CCCO3)s1)CO. The molecule has 114 valence electrons. The predicted octanol–water partition coefficient (Wildman–Crippen LogP) is -0.0679. The van der Waals surface area contributed by atoms with Crippen molar-refractivity contribution in [2.75, 3.05) is 13.2 Å². The molecule has 2 N–H and O–H groups in total. The van der Waals surface area contributed by atoms with Crippen LogP contribution in [0.1, 0.15) is 17.5 Å². The van der Waals surface area contributed by atoms with Crippen LogP contribution in [0, 0.1) is 0 Å². The van der Waals surface area contributed by atoms with E-state index in [9.17, 15) is 9.59 Å². The molecule has 3 rings (SSSR count). The lowest BCUT2D eigenvalue weighted by Gasteiger charge is -2.17. The van der Waals surface area contributed by atoms with Crippen molar-refractivity contribution in [1.29, 1.82) is 0 Å². The van der Waals surface area contributed by atoms with E-state index in [1.165, 1.54) is 17.4 Å². The number of aromatic amines is 1. The highest BCUT2D eigenvalue weighted by Gasteiger charge is 2.09. The van der Waals surface area contributed by atoms with Crippen molar-refractivity contribution in [3.05, 3.63) is 48.9 Å². The molecule has 0 fully saturated rings. The summed E-state index contributed by atoms with van der Waals surface area (Å²) >= 11 is 1.19. The Bertz CT molecular complexity index is 878. The van der Waals surface area contributed by atoms with Crippen LogP contribution in [0.25, 0.3) is 12.2 Å². The fraction of sp³-hybridized carbons (Fsp3) is 0.250. The molecular formula is C16H15NO4S. The molecule has 5 nitrogen and oxygen atoms in total. The first-order valence-corrected chi connectivity index (χ1v) is 7.79. The standard InChI is InChI=1S/C16H15NO4S/c18-9-12(19)8-15-17-16(20)14(22-15)7-10-3-4-13-11(6-10)2-1-5-21-13/h3-4,6-8,18H,1-2,5,9H2,(H,17,20)/b14-7-,15-8+. The second-order valence-electron chi connectivity index (χ2n) is 5.02. The van der Waals surface area contributed by atoms with Crippen molar-refractivity contribution in [3.8, 4) is 5.75 Å². The number of ether oxygens (including phenoxy) is 1. The molecule has 6 heteroatoms. The highest BCUT2D eigenvalue weighted by Crippen LogP contribution is 2.25. The van der Waals surface area contributed by atoms with E-state index in [1.807, 2.05) is 18.2 Å². The fourth-order valence-electron chi connectivity index (χ4n) is 2.34. The molecule has 2 aromatic rings. The van der Waals surface area contributed by atoms with E-state index in [4.69, 9.17) is 9.84 Å². The Morgan fingerprint density at radius 3 is 3.14 bits per heavy atom. The van der Waals surface area contributed by atoms with Crippen molar-refractivity contribution in [3.63, 3.8) is 0 Å². The van der Waals surface area contributed by atoms with E-state index in [2.05, 4.69) is 4.98 Å². The van der Waals surface area contributed by atoms with Gasteiger partial charge in [0.05, 0.1) is 15.8 Å². The number of aliphatic hydroxyl groups is 1. The van der Waals surface area contributed by atoms with Crippen LogP contribution in [-0.2, 0) is 11.2 Å². The molecule has 1 aliphatic rings. The Balaban J connectivity index is 2.00. The molecule has 1 aromatic heterocycles. The summed E-state index contributed by atoms with van der Waals surface area (Å²) in [5, 5.41) is 8.73. The summed E-state index contributed by atoms with van der Waals surface area (Å²) < 4.78 is 6.53. The Morgan fingerprint density at radius 2 is 2.32 bits per heavy atom. The zero-order valence-electron chi connectivity index (χ0n) is 11.8. The van der Waals surface area contributed by atoms with Gasteiger partial charge in [-0.05, 0) is 42.2 Å². The molecule has 0 radical (unpaired) electrons. The minimum absolute atomic E-state index is 0.240. The highest BCUT2D eigenvalue weighted by atomic mass is 32.1. The maximum absolute atomic E-state index is 11.9. The number of fused-ring (bicyclic) bond motifs is 1. The van der Waals surface area contributed by atoms with Gasteiger partial charge in [-0.2, -0.15) is 0 Å². The van der Waals surface area contributed by atoms with Crippen molar-refractivity contribution in [2.45, 2.75) is 12.8 Å². The largest absolute Gasteiger partial charge is 0.493 e. The van der Waals surface area contributed by atoms with Crippen molar-refractivity contribution >= 4 is 29.3 Å². The number of H-pyrrole nitrogens is 1. The average molecular weight is 317 g/mol. The molecule has 0 aliphatic carbocycles. The summed E-state index contributed by atoms with van der Waals surface area (Å²) in [4.78, 5) is 25.7. The predicted molar refractivity (Wildman–Crippen MR) is 84.6 cm³/mol. The van der Waals surface area contributed by atoms with Gasteiger partial charge in [0, 0.05) is 6.08 Å². The first kappa shape index (κ1) is 14.7. The summed E-state index contributed by atoms with van der Waals surface area (Å²) in [6, 6.07) is 5.85. The molecule has 0 spiro atoms. The Morgan fingerprint density at radius 1 is 1.45 bits per heavy atom. The summed E-state index contributed by atoms with van der Waals surface area (Å²) in [5.74, 6) is 0.473. The van der Waals surface area contributed by atoms with E-state index in [0.29, 0.717) is 9.20 Å². The van der Waals surface area contributed by atoms with E-state index in [1.54, 1.807) is 6.08 Å². The quantitative estimate of drug-likeness (QED) is 0.831. The number of nitrogens with one attached hydrogen (secondary N) is 1. The van der Waals surface area contributed by atoms with E-state index in [0.717, 1.165) is 36.3 Å². The number of thiazole rings is 1. The normalized spacial score (nSPS) is 15.5. The lowest BCUT2D eigenvalue weighted by Crippen LogP contribution is -2.20. The number of carbonyl (C=O) groups is 1. The van der Waals surface area contributed by atoms with Crippen LogP contribution < -0.4 is 19.5 Å². The maximum Gasteiger partial charge on any atom is 0.266 e. The molecule has 2 heterocycles. The molecule has 0 unspecified atom stereocenters. The molecule has 1 aliphatic heterocycles. The number of carbonyl (C=O) groups excluding carboxylic acids is 1. The topological polar surface area (TPSA) is 79.4 Å². The summed E-state index contributed by atoms with van der Waals surface area (Å²) in [6.45, 7) is 0.183. The smallest absolute Gasteiger partial charge is 0.266 e. The molecule has 0 saturated heterocycles. The number of ketones is 1. The number of Topliss-reactive ketones (excluding diaryl/α,β-unsaturated/α-hetero) is 1. The van der Waals surface area contributed by atoms with Crippen LogP contribution in [-0.4, -0.2) is 29.1 Å². The average Bonchev–Trinajstić information content (AvgIpc) is 2.86. The van der Waals surface area contributed by atoms with Gasteiger partial charge < -0.3 is 14.8 Å². The zero-order valence-corrected chi connectivity index (χ0v) is 12.6. The first-order chi connectivity index (χ1) is 10.7. The van der Waals surface area contributed by atoms with Gasteiger partial charge in [0.15, 0.2) is 5.78 Å². The molecule has 22 heavy (non-hydrogen) atoms. The molecular weight excluding hydrogens is 302 g/mol. The van der Waals surface area contributed by atoms with Gasteiger partial charge in [0.2, 0.25) is 0 Å². The van der Waals surface area contributed by atoms with Crippen LogP contribution in [0.4, 0.5) is 0 Å². The third-order valence-corrected chi connectivity index (χ3v) is 4.32. The number of hydrogen-bond acceptors (Lipinski definition) is 5. The molecule has 0 amide bonds. The lowest BCUT2D eigenvalue weighted by atomic mass is 10.0. The van der Waals surface area contributed by atoms with Gasteiger partial charge in [0.25, 0.3) is 5.56 Å². The number of benzene rings is 1. The number of aliphatic hydroxyl groups excluding tert-OH is 1. The molecule has 0 atom stereocenters. The van der Waals surface area contributed by atoms with Crippen LogP contribution in [0.15, 0.2) is 23.0 Å². The number of aryl methyl sites for hydroxylation is 1. The first-order valence-electron chi connectivity index (χ1n) is 6.98. The molecule has 1 aromatic carbocycles. The van der Waals surface area contributed by atoms with Gasteiger partial charge in [-0.15, -0.1) is 11.3 Å². The monoisotopic (exact) mass is 317 g/mol. The second-order valence-corrected chi connectivity index (χ2v) is 6.10. The van der Waals surface area contributed by atoms with Gasteiger partial charge in [-0.3, -0.25) is 9.59 Å². The van der Waals surface area contributed by atoms with Crippen molar-refractivity contribution in [2.24, 2.45) is 0 Å². The van der Waals surface area contributed by atoms with E-state index >= 15 is 0 Å². The van der Waals surface area contributed by atoms with Gasteiger partial charge in [-0.1, -0.05) is 6.07 Å². The number of rotatable bonds is 3. The minimum Gasteiger partial charge on any atom is -0.493 e. The van der Waals surface area contributed by atoms with Crippen molar-refractivity contribution in [1.82, 2.24) is 4.98 Å². The maximum atomic E-state index is 11.9. The van der Waals surface area contributed by atoms with Gasteiger partial charge >= 0.3 is 0 Å². The van der Waals surface area contributed by atoms with Crippen LogP contribution in [0.2, 0.25) is 0 Å². The highest BCUT2D eigenvalue weighted by molar-refractivity contribution is 7.07. The van der Waals surface area contributed by atoms with Gasteiger partial charge in [0.1, 0.15) is 12.4 Å². The van der Waals surface area contributed by atoms with Crippen molar-refractivity contribution < 1.29 is 14.6 Å². The Hall–Kier alpha value is -2.18. The number of hydrogen-bond donors (Lipinski definition) is 2. The lowest BCUT2D eigenvalue weighted by molar-refractivity contribution is -0.115. The van der Waals surface area contributed by atoms with E-state index < -0.39 is 12.4 Å². The Labute approximate surface area is 130 Å². The molecule has 0 bridgehead atoms.